The van der Waals surface area contributed by atoms with E-state index >= 15 is 0 Å². The van der Waals surface area contributed by atoms with E-state index in [9.17, 15) is 4.79 Å². The van der Waals surface area contributed by atoms with Crippen LogP contribution in [-0.2, 0) is 14.3 Å². The summed E-state index contributed by atoms with van der Waals surface area (Å²) in [6.45, 7) is 3.99. The van der Waals surface area contributed by atoms with E-state index in [4.69, 9.17) is 9.47 Å². The topological polar surface area (TPSA) is 47.6 Å². The van der Waals surface area contributed by atoms with E-state index in [-0.39, 0.29) is 5.97 Å². The van der Waals surface area contributed by atoms with Crippen molar-refractivity contribution in [2.45, 2.75) is 51.0 Å². The Morgan fingerprint density at radius 2 is 2.16 bits per heavy atom. The highest BCUT2D eigenvalue weighted by Gasteiger charge is 2.48. The molecule has 2 atom stereocenters. The lowest BCUT2D eigenvalue weighted by atomic mass is 9.85. The van der Waals surface area contributed by atoms with Crippen LogP contribution in [-0.4, -0.2) is 38.4 Å². The van der Waals surface area contributed by atoms with Gasteiger partial charge in [0, 0.05) is 13.2 Å². The van der Waals surface area contributed by atoms with Crippen LogP contribution in [0.4, 0.5) is 0 Å². The lowest BCUT2D eigenvalue weighted by Crippen LogP contribution is -2.54. The number of rotatable bonds is 8. The minimum Gasteiger partial charge on any atom is -0.465 e. The van der Waals surface area contributed by atoms with E-state index in [2.05, 4.69) is 5.32 Å². The summed E-state index contributed by atoms with van der Waals surface area (Å²) < 4.78 is 11.0. The molecular formula is C15H27NO3. The maximum atomic E-state index is 12.2. The van der Waals surface area contributed by atoms with Crippen molar-refractivity contribution in [1.29, 1.82) is 0 Å². The zero-order valence-electron chi connectivity index (χ0n) is 12.2. The third kappa shape index (κ3) is 3.48. The maximum absolute atomic E-state index is 12.2. The first-order valence-electron chi connectivity index (χ1n) is 7.66. The number of carbonyl (C=O) groups excluding carboxylic acids is 1. The standard InChI is InChI=1S/C15H27NO3/c1-3-19-14(17)15(16-2)9-4-5-13(15)8-10-18-11-12-6-7-12/h12-13,16H,3-11H2,1-2H3. The molecule has 2 rings (SSSR count). The number of hydrogen-bond donors (Lipinski definition) is 1. The number of esters is 1. The van der Waals surface area contributed by atoms with Gasteiger partial charge in [0.15, 0.2) is 0 Å². The third-order valence-electron chi connectivity index (χ3n) is 4.57. The Labute approximate surface area is 116 Å². The molecule has 4 nitrogen and oxygen atoms in total. The van der Waals surface area contributed by atoms with Crippen LogP contribution in [0.1, 0.15) is 45.4 Å². The first-order valence-corrected chi connectivity index (χ1v) is 7.66. The molecule has 2 fully saturated rings. The minimum absolute atomic E-state index is 0.0813. The highest BCUT2D eigenvalue weighted by atomic mass is 16.5. The van der Waals surface area contributed by atoms with Gasteiger partial charge < -0.3 is 14.8 Å². The van der Waals surface area contributed by atoms with Gasteiger partial charge in [-0.3, -0.25) is 4.79 Å². The summed E-state index contributed by atoms with van der Waals surface area (Å²) in [6, 6.07) is 0. The fourth-order valence-corrected chi connectivity index (χ4v) is 3.19. The molecule has 0 aromatic rings. The van der Waals surface area contributed by atoms with Crippen LogP contribution in [0.5, 0.6) is 0 Å². The van der Waals surface area contributed by atoms with Crippen LogP contribution >= 0.6 is 0 Å². The van der Waals surface area contributed by atoms with E-state index in [0.717, 1.165) is 44.8 Å². The summed E-state index contributed by atoms with van der Waals surface area (Å²) in [5.74, 6) is 1.07. The van der Waals surface area contributed by atoms with Crippen molar-refractivity contribution in [3.05, 3.63) is 0 Å². The van der Waals surface area contributed by atoms with E-state index in [1.807, 2.05) is 14.0 Å². The second-order valence-electron chi connectivity index (χ2n) is 5.84. The molecule has 110 valence electrons. The molecule has 2 aliphatic carbocycles. The highest BCUT2D eigenvalue weighted by Crippen LogP contribution is 2.39. The number of likely N-dealkylation sites (N-methyl/N-ethyl adjacent to an activating group) is 1. The van der Waals surface area contributed by atoms with Crippen LogP contribution in [0.3, 0.4) is 0 Å². The smallest absolute Gasteiger partial charge is 0.326 e. The molecule has 0 amide bonds. The SMILES string of the molecule is CCOC(=O)C1(NC)CCCC1CCOCC1CC1. The van der Waals surface area contributed by atoms with Gasteiger partial charge in [0.2, 0.25) is 0 Å². The van der Waals surface area contributed by atoms with Crippen LogP contribution in [0.15, 0.2) is 0 Å². The predicted octanol–water partition coefficient (Wildman–Crippen LogP) is 2.12. The van der Waals surface area contributed by atoms with E-state index in [0.29, 0.717) is 12.5 Å². The molecule has 0 bridgehead atoms. The first kappa shape index (κ1) is 14.8. The molecule has 4 heteroatoms. The van der Waals surface area contributed by atoms with Gasteiger partial charge in [-0.2, -0.15) is 0 Å². The second-order valence-corrected chi connectivity index (χ2v) is 5.84. The normalized spacial score (nSPS) is 30.5. The van der Waals surface area contributed by atoms with E-state index < -0.39 is 5.54 Å². The van der Waals surface area contributed by atoms with Crippen molar-refractivity contribution in [3.63, 3.8) is 0 Å². The van der Waals surface area contributed by atoms with Gasteiger partial charge in [-0.1, -0.05) is 6.42 Å². The largest absolute Gasteiger partial charge is 0.465 e. The Morgan fingerprint density at radius 1 is 1.37 bits per heavy atom. The quantitative estimate of drug-likeness (QED) is 0.541. The Bertz CT molecular complexity index is 304. The fraction of sp³-hybridized carbons (Fsp3) is 0.933. The van der Waals surface area contributed by atoms with Crippen molar-refractivity contribution in [2.75, 3.05) is 26.9 Å². The zero-order valence-corrected chi connectivity index (χ0v) is 12.2. The fourth-order valence-electron chi connectivity index (χ4n) is 3.19. The summed E-state index contributed by atoms with van der Waals surface area (Å²) in [6.07, 6.45) is 6.67. The number of hydrogen-bond acceptors (Lipinski definition) is 4. The number of nitrogens with one attached hydrogen (secondary N) is 1. The van der Waals surface area contributed by atoms with Gasteiger partial charge in [-0.25, -0.2) is 0 Å². The molecule has 1 N–H and O–H groups in total. The molecule has 0 heterocycles. The molecule has 0 spiro atoms. The molecule has 0 aromatic heterocycles. The molecule has 2 unspecified atom stereocenters. The van der Waals surface area contributed by atoms with Crippen molar-refractivity contribution in [2.24, 2.45) is 11.8 Å². The van der Waals surface area contributed by atoms with Crippen molar-refractivity contribution < 1.29 is 14.3 Å². The van der Waals surface area contributed by atoms with Gasteiger partial charge >= 0.3 is 5.97 Å². The monoisotopic (exact) mass is 269 g/mol. The summed E-state index contributed by atoms with van der Waals surface area (Å²) in [7, 11) is 1.88. The van der Waals surface area contributed by atoms with E-state index in [1.54, 1.807) is 0 Å². The molecule has 2 saturated carbocycles. The maximum Gasteiger partial charge on any atom is 0.326 e. The summed E-state index contributed by atoms with van der Waals surface area (Å²) in [5, 5.41) is 3.24. The molecule has 2 aliphatic rings. The summed E-state index contributed by atoms with van der Waals surface area (Å²) in [5.41, 5.74) is -0.473. The molecule has 19 heavy (non-hydrogen) atoms. The van der Waals surface area contributed by atoms with Gasteiger partial charge in [0.05, 0.1) is 6.61 Å². The zero-order chi connectivity index (χ0) is 13.7. The third-order valence-corrected chi connectivity index (χ3v) is 4.57. The Kier molecular flexibility index (Phi) is 5.22. The van der Waals surface area contributed by atoms with Gasteiger partial charge in [0.1, 0.15) is 5.54 Å². The van der Waals surface area contributed by atoms with Crippen LogP contribution < -0.4 is 5.32 Å². The number of carbonyl (C=O) groups is 1. The molecular weight excluding hydrogens is 242 g/mol. The van der Waals surface area contributed by atoms with Crippen LogP contribution in [0, 0.1) is 11.8 Å². The van der Waals surface area contributed by atoms with Gasteiger partial charge in [-0.05, 0) is 57.9 Å². The van der Waals surface area contributed by atoms with Crippen molar-refractivity contribution >= 4 is 5.97 Å². The second kappa shape index (κ2) is 6.71. The molecule has 0 aromatic carbocycles. The molecule has 0 saturated heterocycles. The van der Waals surface area contributed by atoms with Crippen LogP contribution in [0.2, 0.25) is 0 Å². The molecule has 0 aliphatic heterocycles. The Morgan fingerprint density at radius 3 is 2.79 bits per heavy atom. The summed E-state index contributed by atoms with van der Waals surface area (Å²) in [4.78, 5) is 12.2. The minimum atomic E-state index is -0.473. The highest BCUT2D eigenvalue weighted by molar-refractivity contribution is 5.81. The lowest BCUT2D eigenvalue weighted by molar-refractivity contribution is -0.153. The Balaban J connectivity index is 1.83. The number of ether oxygens (including phenoxy) is 2. The molecule has 0 radical (unpaired) electrons. The van der Waals surface area contributed by atoms with Gasteiger partial charge in [-0.15, -0.1) is 0 Å². The lowest BCUT2D eigenvalue weighted by Gasteiger charge is -2.32. The summed E-state index contributed by atoms with van der Waals surface area (Å²) >= 11 is 0. The average molecular weight is 269 g/mol. The predicted molar refractivity (Wildman–Crippen MR) is 73.9 cm³/mol. The van der Waals surface area contributed by atoms with E-state index in [1.165, 1.54) is 12.8 Å². The van der Waals surface area contributed by atoms with Crippen molar-refractivity contribution in [3.8, 4) is 0 Å². The average Bonchev–Trinajstić information content (AvgIpc) is 3.14. The van der Waals surface area contributed by atoms with Crippen LogP contribution in [0.25, 0.3) is 0 Å². The first-order chi connectivity index (χ1) is 9.23. The van der Waals surface area contributed by atoms with Crippen molar-refractivity contribution in [1.82, 2.24) is 5.32 Å². The Hall–Kier alpha value is -0.610. The van der Waals surface area contributed by atoms with Gasteiger partial charge in [0.25, 0.3) is 0 Å².